The first kappa shape index (κ1) is 8.88. The number of hydrogen-bond donors (Lipinski definition) is 3. The Morgan fingerprint density at radius 3 is 2.22 bits per heavy atom. The molecule has 0 aromatic carbocycles. The summed E-state index contributed by atoms with van der Waals surface area (Å²) < 4.78 is 0. The van der Waals surface area contributed by atoms with E-state index in [4.69, 9.17) is 0 Å². The van der Waals surface area contributed by atoms with Crippen LogP contribution in [-0.2, 0) is 0 Å². The molecule has 0 aromatic rings. The van der Waals surface area contributed by atoms with Gasteiger partial charge < -0.3 is 5.32 Å². The van der Waals surface area contributed by atoms with E-state index >= 15 is 0 Å². The normalized spacial score (nSPS) is 10.0. The Morgan fingerprint density at radius 2 is 1.67 bits per heavy atom. The minimum absolute atomic E-state index is 0.978. The van der Waals surface area contributed by atoms with Crippen LogP contribution < -0.4 is 16.2 Å². The van der Waals surface area contributed by atoms with E-state index < -0.39 is 0 Å². The van der Waals surface area contributed by atoms with Crippen LogP contribution in [0, 0.1) is 0 Å². The lowest BCUT2D eigenvalue weighted by Crippen LogP contribution is -2.36. The van der Waals surface area contributed by atoms with E-state index in [1.807, 2.05) is 0 Å². The van der Waals surface area contributed by atoms with E-state index in [0.29, 0.717) is 0 Å². The summed E-state index contributed by atoms with van der Waals surface area (Å²) in [5.41, 5.74) is 6.07. The fourth-order valence-corrected chi connectivity index (χ4v) is 0.541. The van der Waals surface area contributed by atoms with Crippen LogP contribution in [-0.4, -0.2) is 26.2 Å². The first-order valence-electron chi connectivity index (χ1n) is 3.58. The molecule has 0 rings (SSSR count). The van der Waals surface area contributed by atoms with Crippen LogP contribution in [0.3, 0.4) is 0 Å². The van der Waals surface area contributed by atoms with Gasteiger partial charge in [0.2, 0.25) is 0 Å². The first-order valence-corrected chi connectivity index (χ1v) is 3.58. The average molecular weight is 131 g/mol. The standard InChI is InChI=1S/C6H17N3/c1-3-7-5-6-9-8-4-2/h7-9H,3-6H2,1-2H3. The highest BCUT2D eigenvalue weighted by atomic mass is 15.3. The summed E-state index contributed by atoms with van der Waals surface area (Å²) in [5.74, 6) is 0. The molecule has 0 aliphatic carbocycles. The third kappa shape index (κ3) is 7.88. The van der Waals surface area contributed by atoms with Crippen molar-refractivity contribution >= 4 is 0 Å². The number of likely N-dealkylation sites (N-methyl/N-ethyl adjacent to an activating group) is 1. The lowest BCUT2D eigenvalue weighted by molar-refractivity contribution is 0.533. The molecule has 0 spiro atoms. The molecule has 0 atom stereocenters. The molecule has 0 saturated heterocycles. The van der Waals surface area contributed by atoms with Crippen LogP contribution in [0.4, 0.5) is 0 Å². The Balaban J connectivity index is 2.60. The molecular formula is C6H17N3. The Hall–Kier alpha value is -0.120. The maximum absolute atomic E-state index is 3.20. The molecule has 0 radical (unpaired) electrons. The highest BCUT2D eigenvalue weighted by Gasteiger charge is 1.80. The predicted octanol–water partition coefficient (Wildman–Crippen LogP) is -0.290. The van der Waals surface area contributed by atoms with Crippen molar-refractivity contribution in [1.82, 2.24) is 16.2 Å². The van der Waals surface area contributed by atoms with Crippen molar-refractivity contribution in [3.8, 4) is 0 Å². The largest absolute Gasteiger partial charge is 0.316 e. The lowest BCUT2D eigenvalue weighted by Gasteiger charge is -2.03. The van der Waals surface area contributed by atoms with Crippen molar-refractivity contribution < 1.29 is 0 Å². The Bertz CT molecular complexity index is 41.6. The van der Waals surface area contributed by atoms with Crippen LogP contribution in [0.2, 0.25) is 0 Å². The highest BCUT2D eigenvalue weighted by molar-refractivity contribution is 4.44. The third-order valence-corrected chi connectivity index (χ3v) is 0.979. The molecule has 9 heavy (non-hydrogen) atoms. The van der Waals surface area contributed by atoms with E-state index in [0.717, 1.165) is 26.2 Å². The molecule has 0 amide bonds. The van der Waals surface area contributed by atoms with Crippen molar-refractivity contribution in [2.75, 3.05) is 26.2 Å². The van der Waals surface area contributed by atoms with Crippen molar-refractivity contribution in [2.45, 2.75) is 13.8 Å². The van der Waals surface area contributed by atoms with Crippen LogP contribution in [0.5, 0.6) is 0 Å². The second-order valence-corrected chi connectivity index (χ2v) is 1.81. The van der Waals surface area contributed by atoms with Crippen molar-refractivity contribution in [3.05, 3.63) is 0 Å². The summed E-state index contributed by atoms with van der Waals surface area (Å²) in [7, 11) is 0. The SMILES string of the molecule is CCNCCNNCC. The number of nitrogens with one attached hydrogen (secondary N) is 3. The van der Waals surface area contributed by atoms with E-state index in [1.165, 1.54) is 0 Å². The second-order valence-electron chi connectivity index (χ2n) is 1.81. The molecule has 0 heterocycles. The lowest BCUT2D eigenvalue weighted by atomic mass is 10.6. The Labute approximate surface area is 57.2 Å². The zero-order valence-corrected chi connectivity index (χ0v) is 6.33. The maximum Gasteiger partial charge on any atom is 0.0225 e. The van der Waals surface area contributed by atoms with Gasteiger partial charge in [-0.3, -0.25) is 10.9 Å². The van der Waals surface area contributed by atoms with Gasteiger partial charge in [0.25, 0.3) is 0 Å². The zero-order valence-electron chi connectivity index (χ0n) is 6.33. The van der Waals surface area contributed by atoms with Crippen LogP contribution in [0.15, 0.2) is 0 Å². The van der Waals surface area contributed by atoms with Gasteiger partial charge >= 0.3 is 0 Å². The summed E-state index contributed by atoms with van der Waals surface area (Å²) in [5, 5.41) is 3.20. The molecule has 0 aliphatic rings. The summed E-state index contributed by atoms with van der Waals surface area (Å²) in [4.78, 5) is 0. The monoisotopic (exact) mass is 131 g/mol. The van der Waals surface area contributed by atoms with Gasteiger partial charge in [-0.1, -0.05) is 13.8 Å². The summed E-state index contributed by atoms with van der Waals surface area (Å²) in [6.07, 6.45) is 0. The van der Waals surface area contributed by atoms with Gasteiger partial charge in [-0.15, -0.1) is 0 Å². The molecule has 0 aromatic heterocycles. The van der Waals surface area contributed by atoms with Crippen molar-refractivity contribution in [3.63, 3.8) is 0 Å². The molecule has 0 unspecified atom stereocenters. The fraction of sp³-hybridized carbons (Fsp3) is 1.00. The van der Waals surface area contributed by atoms with E-state index in [2.05, 4.69) is 30.0 Å². The van der Waals surface area contributed by atoms with Crippen molar-refractivity contribution in [2.24, 2.45) is 0 Å². The molecule has 0 saturated carbocycles. The molecule has 0 bridgehead atoms. The zero-order chi connectivity index (χ0) is 6.95. The fourth-order valence-electron chi connectivity index (χ4n) is 0.541. The molecule has 3 heteroatoms. The van der Waals surface area contributed by atoms with Gasteiger partial charge in [0.15, 0.2) is 0 Å². The van der Waals surface area contributed by atoms with E-state index in [9.17, 15) is 0 Å². The molecular weight excluding hydrogens is 114 g/mol. The van der Waals surface area contributed by atoms with Crippen LogP contribution >= 0.6 is 0 Å². The number of hydrazine groups is 1. The molecule has 0 fully saturated rings. The van der Waals surface area contributed by atoms with E-state index in [-0.39, 0.29) is 0 Å². The minimum Gasteiger partial charge on any atom is -0.316 e. The van der Waals surface area contributed by atoms with Crippen molar-refractivity contribution in [1.29, 1.82) is 0 Å². The number of rotatable bonds is 6. The molecule has 3 N–H and O–H groups in total. The molecule has 3 nitrogen and oxygen atoms in total. The Kier molecular flexibility index (Phi) is 7.77. The van der Waals surface area contributed by atoms with E-state index in [1.54, 1.807) is 0 Å². The van der Waals surface area contributed by atoms with Gasteiger partial charge in [-0.25, -0.2) is 0 Å². The van der Waals surface area contributed by atoms with Gasteiger partial charge in [-0.05, 0) is 6.54 Å². The summed E-state index contributed by atoms with van der Waals surface area (Å²) in [6.45, 7) is 8.22. The smallest absolute Gasteiger partial charge is 0.0225 e. The topological polar surface area (TPSA) is 36.1 Å². The van der Waals surface area contributed by atoms with Crippen LogP contribution in [0.1, 0.15) is 13.8 Å². The highest BCUT2D eigenvalue weighted by Crippen LogP contribution is 1.54. The second kappa shape index (κ2) is 7.88. The average Bonchev–Trinajstić information content (AvgIpc) is 1.89. The van der Waals surface area contributed by atoms with Gasteiger partial charge in [-0.2, -0.15) is 0 Å². The maximum atomic E-state index is 3.20. The summed E-state index contributed by atoms with van der Waals surface area (Å²) >= 11 is 0. The predicted molar refractivity (Wildman–Crippen MR) is 40.2 cm³/mol. The van der Waals surface area contributed by atoms with Crippen LogP contribution in [0.25, 0.3) is 0 Å². The Morgan fingerprint density at radius 1 is 0.889 bits per heavy atom. The quantitative estimate of drug-likeness (QED) is 0.342. The van der Waals surface area contributed by atoms with Gasteiger partial charge in [0.05, 0.1) is 0 Å². The third-order valence-electron chi connectivity index (χ3n) is 0.979. The van der Waals surface area contributed by atoms with Gasteiger partial charge in [0.1, 0.15) is 0 Å². The summed E-state index contributed by atoms with van der Waals surface area (Å²) in [6, 6.07) is 0. The number of hydrogen-bond acceptors (Lipinski definition) is 3. The molecule has 56 valence electrons. The first-order chi connectivity index (χ1) is 4.41. The van der Waals surface area contributed by atoms with Gasteiger partial charge in [0, 0.05) is 19.6 Å². The molecule has 0 aliphatic heterocycles. The minimum atomic E-state index is 0.978.